The molecule has 0 heterocycles. The summed E-state index contributed by atoms with van der Waals surface area (Å²) in [6.45, 7) is 0.707. The minimum Gasteiger partial charge on any atom is -0.352 e. The van der Waals surface area contributed by atoms with E-state index in [0.29, 0.717) is 6.54 Å². The minimum atomic E-state index is -0.427. The molecule has 0 atom stereocenters. The van der Waals surface area contributed by atoms with E-state index >= 15 is 0 Å². The van der Waals surface area contributed by atoms with Gasteiger partial charge in [0, 0.05) is 6.54 Å². The highest BCUT2D eigenvalue weighted by atomic mass is 127. The molecule has 0 unspecified atom stereocenters. The predicted octanol–water partition coefficient (Wildman–Crippen LogP) is 0.870. The van der Waals surface area contributed by atoms with E-state index in [1.165, 1.54) is 0 Å². The quantitative estimate of drug-likeness (QED) is 0.429. The lowest BCUT2D eigenvalue weighted by molar-refractivity contribution is 0.249. The fourth-order valence-electron chi connectivity index (χ4n) is 0.431. The smallest absolute Gasteiger partial charge is 0.312 e. The lowest BCUT2D eigenvalue weighted by Crippen LogP contribution is -2.29. The Hall–Kier alpha value is 0. The fraction of sp³-hybridized carbons (Fsp3) is 0.800. The van der Waals surface area contributed by atoms with Crippen LogP contribution >= 0.6 is 22.6 Å². The number of carbonyl (C=O) groups is 1. The van der Waals surface area contributed by atoms with Gasteiger partial charge in [-0.15, -0.1) is 0 Å². The highest BCUT2D eigenvalue weighted by Gasteiger charge is 1.88. The van der Waals surface area contributed by atoms with Crippen LogP contribution in [-0.4, -0.2) is 17.0 Å². The van der Waals surface area contributed by atoms with Gasteiger partial charge in [0.05, 0.1) is 0 Å². The van der Waals surface area contributed by atoms with E-state index in [4.69, 9.17) is 5.73 Å². The number of unbranched alkanes of at least 4 members (excludes halogenated alkanes) is 1. The molecule has 9 heavy (non-hydrogen) atoms. The number of urea groups is 1. The van der Waals surface area contributed by atoms with Gasteiger partial charge in [0.1, 0.15) is 0 Å². The lowest BCUT2D eigenvalue weighted by atomic mass is 10.3. The van der Waals surface area contributed by atoms with Crippen molar-refractivity contribution in [1.82, 2.24) is 5.32 Å². The molecule has 0 saturated carbocycles. The first kappa shape index (κ1) is 9.00. The first-order chi connectivity index (χ1) is 4.27. The molecule has 3 nitrogen and oxygen atoms in total. The Balaban J connectivity index is 2.83. The van der Waals surface area contributed by atoms with Gasteiger partial charge in [-0.25, -0.2) is 4.79 Å². The zero-order chi connectivity index (χ0) is 7.11. The third-order valence-corrected chi connectivity index (χ3v) is 1.62. The Kier molecular flexibility index (Phi) is 6.12. The molecule has 3 N–H and O–H groups in total. The number of nitrogens with one attached hydrogen (secondary N) is 1. The number of hydrogen-bond acceptors (Lipinski definition) is 1. The average Bonchev–Trinajstić information content (AvgIpc) is 1.80. The molecule has 4 heteroatoms. The Morgan fingerprint density at radius 3 is 2.67 bits per heavy atom. The highest BCUT2D eigenvalue weighted by Crippen LogP contribution is 1.91. The van der Waals surface area contributed by atoms with Gasteiger partial charge in [-0.05, 0) is 17.3 Å². The molecule has 0 fully saturated rings. The van der Waals surface area contributed by atoms with Crippen molar-refractivity contribution >= 4 is 28.6 Å². The predicted molar refractivity (Wildman–Crippen MR) is 45.7 cm³/mol. The van der Waals surface area contributed by atoms with Crippen LogP contribution in [0.4, 0.5) is 4.79 Å². The van der Waals surface area contributed by atoms with Gasteiger partial charge in [0.15, 0.2) is 0 Å². The van der Waals surface area contributed by atoms with E-state index in [9.17, 15) is 4.79 Å². The molecule has 0 aromatic carbocycles. The van der Waals surface area contributed by atoms with Crippen molar-refractivity contribution in [3.8, 4) is 0 Å². The van der Waals surface area contributed by atoms with Crippen LogP contribution < -0.4 is 11.1 Å². The van der Waals surface area contributed by atoms with Crippen LogP contribution in [0.2, 0.25) is 0 Å². The lowest BCUT2D eigenvalue weighted by Gasteiger charge is -1.97. The molecular weight excluding hydrogens is 231 g/mol. The number of carbonyl (C=O) groups excluding carboxylic acids is 1. The van der Waals surface area contributed by atoms with Gasteiger partial charge in [0.2, 0.25) is 0 Å². The number of alkyl halides is 1. The third kappa shape index (κ3) is 8.00. The first-order valence-electron chi connectivity index (χ1n) is 2.86. The third-order valence-electron chi connectivity index (χ3n) is 0.860. The summed E-state index contributed by atoms with van der Waals surface area (Å²) in [6.07, 6.45) is 2.16. The van der Waals surface area contributed by atoms with Gasteiger partial charge in [-0.3, -0.25) is 0 Å². The van der Waals surface area contributed by atoms with E-state index < -0.39 is 6.03 Å². The molecule has 0 bridgehead atoms. The second kappa shape index (κ2) is 6.12. The topological polar surface area (TPSA) is 55.1 Å². The number of amides is 2. The summed E-state index contributed by atoms with van der Waals surface area (Å²) in [7, 11) is 0. The molecule has 0 radical (unpaired) electrons. The van der Waals surface area contributed by atoms with Gasteiger partial charge in [-0.1, -0.05) is 22.6 Å². The summed E-state index contributed by atoms with van der Waals surface area (Å²) < 4.78 is 1.14. The van der Waals surface area contributed by atoms with Crippen molar-refractivity contribution < 1.29 is 4.79 Å². The molecule has 0 aromatic rings. The molecule has 0 aromatic heterocycles. The van der Waals surface area contributed by atoms with Crippen molar-refractivity contribution in [2.75, 3.05) is 11.0 Å². The number of halogens is 1. The van der Waals surface area contributed by atoms with Gasteiger partial charge >= 0.3 is 6.03 Å². The molecule has 0 spiro atoms. The summed E-state index contributed by atoms with van der Waals surface area (Å²) >= 11 is 2.30. The first-order valence-corrected chi connectivity index (χ1v) is 4.39. The van der Waals surface area contributed by atoms with E-state index in [1.807, 2.05) is 0 Å². The maximum atomic E-state index is 10.1. The monoisotopic (exact) mass is 242 g/mol. The number of nitrogens with two attached hydrogens (primary N) is 1. The van der Waals surface area contributed by atoms with Crippen LogP contribution in [0.3, 0.4) is 0 Å². The van der Waals surface area contributed by atoms with Gasteiger partial charge in [0.25, 0.3) is 0 Å². The largest absolute Gasteiger partial charge is 0.352 e. The van der Waals surface area contributed by atoms with Crippen molar-refractivity contribution in [2.24, 2.45) is 5.73 Å². The van der Waals surface area contributed by atoms with Crippen molar-refractivity contribution in [2.45, 2.75) is 12.8 Å². The van der Waals surface area contributed by atoms with E-state index in [-0.39, 0.29) is 0 Å². The van der Waals surface area contributed by atoms with E-state index in [1.54, 1.807) is 0 Å². The molecule has 0 aliphatic rings. The average molecular weight is 242 g/mol. The number of hydrogen-bond donors (Lipinski definition) is 2. The SMILES string of the molecule is NC(=O)NCCCCI. The Morgan fingerprint density at radius 1 is 1.56 bits per heavy atom. The number of rotatable bonds is 4. The van der Waals surface area contributed by atoms with Crippen LogP contribution in [0.25, 0.3) is 0 Å². The van der Waals surface area contributed by atoms with Crippen LogP contribution in [0.1, 0.15) is 12.8 Å². The van der Waals surface area contributed by atoms with Crippen LogP contribution in [0, 0.1) is 0 Å². The Morgan fingerprint density at radius 2 is 2.22 bits per heavy atom. The maximum Gasteiger partial charge on any atom is 0.312 e. The number of primary amides is 1. The minimum absolute atomic E-state index is 0.427. The zero-order valence-electron chi connectivity index (χ0n) is 5.19. The maximum absolute atomic E-state index is 10.1. The van der Waals surface area contributed by atoms with Crippen LogP contribution in [-0.2, 0) is 0 Å². The standard InChI is InChI=1S/C5H11IN2O/c6-3-1-2-4-8-5(7)9/h1-4H2,(H3,7,8,9). The summed E-state index contributed by atoms with van der Waals surface area (Å²) in [5.74, 6) is 0. The molecule has 0 saturated heterocycles. The molecule has 54 valence electrons. The van der Waals surface area contributed by atoms with Crippen LogP contribution in [0.15, 0.2) is 0 Å². The second-order valence-electron chi connectivity index (χ2n) is 1.69. The molecule has 0 aliphatic carbocycles. The summed E-state index contributed by atoms with van der Waals surface area (Å²) in [5, 5.41) is 2.52. The van der Waals surface area contributed by atoms with Crippen molar-refractivity contribution in [1.29, 1.82) is 0 Å². The van der Waals surface area contributed by atoms with Crippen molar-refractivity contribution in [3.63, 3.8) is 0 Å². The van der Waals surface area contributed by atoms with E-state index in [2.05, 4.69) is 27.9 Å². The molecule has 0 rings (SSSR count). The zero-order valence-corrected chi connectivity index (χ0v) is 7.35. The van der Waals surface area contributed by atoms with E-state index in [0.717, 1.165) is 17.3 Å². The summed E-state index contributed by atoms with van der Waals surface area (Å²) in [4.78, 5) is 10.1. The summed E-state index contributed by atoms with van der Waals surface area (Å²) in [5.41, 5.74) is 4.82. The van der Waals surface area contributed by atoms with Gasteiger partial charge < -0.3 is 11.1 Å². The molecule has 2 amide bonds. The highest BCUT2D eigenvalue weighted by molar-refractivity contribution is 14.1. The van der Waals surface area contributed by atoms with Gasteiger partial charge in [-0.2, -0.15) is 0 Å². The normalized spacial score (nSPS) is 9.00. The van der Waals surface area contributed by atoms with Crippen LogP contribution in [0.5, 0.6) is 0 Å². The summed E-state index contributed by atoms with van der Waals surface area (Å²) in [6, 6.07) is -0.427. The Bertz CT molecular complexity index is 87.0. The Labute approximate surface area is 68.5 Å². The molecular formula is C5H11IN2O. The second-order valence-corrected chi connectivity index (χ2v) is 2.77. The van der Waals surface area contributed by atoms with Crippen molar-refractivity contribution in [3.05, 3.63) is 0 Å². The fourth-order valence-corrected chi connectivity index (χ4v) is 0.970. The molecule has 0 aliphatic heterocycles.